The average molecular weight is 292 g/mol. The van der Waals surface area contributed by atoms with Crippen molar-refractivity contribution < 1.29 is 24.6 Å². The highest BCUT2D eigenvalue weighted by Crippen LogP contribution is 2.03. The van der Waals surface area contributed by atoms with E-state index in [-0.39, 0.29) is 12.8 Å². The Morgan fingerprint density at radius 1 is 1.14 bits per heavy atom. The minimum absolute atomic E-state index is 0.243. The number of hydrogen-bond acceptors (Lipinski definition) is 6. The molecule has 0 spiro atoms. The maximum Gasteiger partial charge on any atom is 0.237 e. The summed E-state index contributed by atoms with van der Waals surface area (Å²) < 4.78 is 0. The number of rotatable bonds is 8. The molecular formula is C14H16N2O5-2. The highest BCUT2D eigenvalue weighted by Gasteiger charge is 2.19. The van der Waals surface area contributed by atoms with Gasteiger partial charge in [0.1, 0.15) is 0 Å². The predicted molar refractivity (Wildman–Crippen MR) is 69.3 cm³/mol. The normalized spacial score (nSPS) is 13.2. The Bertz CT molecular complexity index is 503. The first kappa shape index (κ1) is 16.6. The number of amides is 1. The first-order valence-corrected chi connectivity index (χ1v) is 6.40. The van der Waals surface area contributed by atoms with Crippen LogP contribution in [0.15, 0.2) is 30.3 Å². The Hall–Kier alpha value is -2.41. The van der Waals surface area contributed by atoms with Gasteiger partial charge in [0.2, 0.25) is 5.91 Å². The van der Waals surface area contributed by atoms with Crippen LogP contribution in [0.25, 0.3) is 0 Å². The van der Waals surface area contributed by atoms with Gasteiger partial charge in [-0.2, -0.15) is 0 Å². The van der Waals surface area contributed by atoms with Crippen molar-refractivity contribution >= 4 is 17.8 Å². The molecule has 0 aliphatic heterocycles. The number of benzene rings is 1. The zero-order chi connectivity index (χ0) is 15.8. The molecule has 1 rings (SSSR count). The average Bonchev–Trinajstić information content (AvgIpc) is 2.43. The lowest BCUT2D eigenvalue weighted by Gasteiger charge is -2.22. The third-order valence-electron chi connectivity index (χ3n) is 2.87. The summed E-state index contributed by atoms with van der Waals surface area (Å²) in [7, 11) is 0. The van der Waals surface area contributed by atoms with E-state index >= 15 is 0 Å². The van der Waals surface area contributed by atoms with Gasteiger partial charge in [-0.3, -0.25) is 4.79 Å². The third kappa shape index (κ3) is 6.05. The van der Waals surface area contributed by atoms with Crippen molar-refractivity contribution in [2.45, 2.75) is 31.3 Å². The fraction of sp³-hybridized carbons (Fsp3) is 0.357. The molecular weight excluding hydrogens is 276 g/mol. The van der Waals surface area contributed by atoms with Crippen molar-refractivity contribution in [1.29, 1.82) is 0 Å². The third-order valence-corrected chi connectivity index (χ3v) is 2.87. The molecule has 1 aromatic carbocycles. The Morgan fingerprint density at radius 3 is 2.29 bits per heavy atom. The Morgan fingerprint density at radius 2 is 1.76 bits per heavy atom. The van der Waals surface area contributed by atoms with Crippen LogP contribution in [0.5, 0.6) is 0 Å². The Labute approximate surface area is 121 Å². The molecule has 0 aliphatic rings. The molecule has 7 nitrogen and oxygen atoms in total. The minimum Gasteiger partial charge on any atom is -0.550 e. The molecule has 2 unspecified atom stereocenters. The zero-order valence-electron chi connectivity index (χ0n) is 11.3. The van der Waals surface area contributed by atoms with Crippen molar-refractivity contribution in [3.8, 4) is 0 Å². The van der Waals surface area contributed by atoms with Crippen LogP contribution in [0.4, 0.5) is 0 Å². The van der Waals surface area contributed by atoms with Gasteiger partial charge in [-0.25, -0.2) is 0 Å². The van der Waals surface area contributed by atoms with Gasteiger partial charge in [0.15, 0.2) is 0 Å². The van der Waals surface area contributed by atoms with Crippen LogP contribution in [0.1, 0.15) is 18.4 Å². The van der Waals surface area contributed by atoms with E-state index < -0.39 is 36.4 Å². The fourth-order valence-electron chi connectivity index (χ4n) is 1.75. The molecule has 7 heteroatoms. The number of hydrogen-bond donors (Lipinski definition) is 2. The van der Waals surface area contributed by atoms with Crippen LogP contribution in [-0.2, 0) is 20.8 Å². The summed E-state index contributed by atoms with van der Waals surface area (Å²) >= 11 is 0. The van der Waals surface area contributed by atoms with E-state index in [2.05, 4.69) is 5.32 Å². The second-order valence-corrected chi connectivity index (χ2v) is 4.59. The van der Waals surface area contributed by atoms with Crippen molar-refractivity contribution in [2.24, 2.45) is 5.73 Å². The number of carboxylic acids is 2. The van der Waals surface area contributed by atoms with Crippen LogP contribution in [0.2, 0.25) is 0 Å². The Balaban J connectivity index is 2.56. The molecule has 0 radical (unpaired) electrons. The predicted octanol–water partition coefficient (Wildman–Crippen LogP) is -2.68. The number of nitrogens with one attached hydrogen (secondary N) is 1. The molecule has 0 fully saturated rings. The number of nitrogens with two attached hydrogens (primary N) is 1. The van der Waals surface area contributed by atoms with E-state index in [1.165, 1.54) is 0 Å². The quantitative estimate of drug-likeness (QED) is 0.536. The lowest BCUT2D eigenvalue weighted by atomic mass is 10.1. The van der Waals surface area contributed by atoms with Crippen LogP contribution in [-0.4, -0.2) is 29.9 Å². The lowest BCUT2D eigenvalue weighted by Crippen LogP contribution is -2.53. The molecule has 3 N–H and O–H groups in total. The topological polar surface area (TPSA) is 135 Å². The number of carbonyl (C=O) groups is 3. The molecule has 0 saturated heterocycles. The summed E-state index contributed by atoms with van der Waals surface area (Å²) in [5.74, 6) is -3.63. The second-order valence-electron chi connectivity index (χ2n) is 4.59. The van der Waals surface area contributed by atoms with Crippen LogP contribution in [0, 0.1) is 0 Å². The van der Waals surface area contributed by atoms with Crippen LogP contribution in [0.3, 0.4) is 0 Å². The van der Waals surface area contributed by atoms with E-state index in [1.807, 2.05) is 6.07 Å². The molecule has 21 heavy (non-hydrogen) atoms. The molecule has 1 aromatic rings. The molecule has 0 aliphatic carbocycles. The number of carboxylic acid groups (broad SMARTS) is 2. The first-order chi connectivity index (χ1) is 9.90. The molecule has 0 aromatic heterocycles. The standard InChI is InChI=1S/C14H18N2O5/c15-10(8-9-4-2-1-3-5-9)13(19)16-11(14(20)21)6-7-12(17)18/h1-5,10-11H,6-8,15H2,(H,16,19)(H,17,18)(H,20,21)/p-2. The largest absolute Gasteiger partial charge is 0.550 e. The summed E-state index contributed by atoms with van der Waals surface area (Å²) in [6.07, 6.45) is -0.561. The summed E-state index contributed by atoms with van der Waals surface area (Å²) in [6.45, 7) is 0. The van der Waals surface area contributed by atoms with Gasteiger partial charge in [0.05, 0.1) is 18.1 Å². The van der Waals surface area contributed by atoms with Crippen molar-refractivity contribution in [3.63, 3.8) is 0 Å². The summed E-state index contributed by atoms with van der Waals surface area (Å²) in [5, 5.41) is 23.3. The van der Waals surface area contributed by atoms with Gasteiger partial charge >= 0.3 is 0 Å². The monoisotopic (exact) mass is 292 g/mol. The van der Waals surface area contributed by atoms with Crippen molar-refractivity contribution in [3.05, 3.63) is 35.9 Å². The van der Waals surface area contributed by atoms with Gasteiger partial charge in [-0.05, 0) is 24.8 Å². The van der Waals surface area contributed by atoms with Crippen LogP contribution < -0.4 is 21.3 Å². The smallest absolute Gasteiger partial charge is 0.237 e. The fourth-order valence-corrected chi connectivity index (χ4v) is 1.75. The summed E-state index contributed by atoms with van der Waals surface area (Å²) in [5.41, 5.74) is 6.53. The molecule has 2 atom stereocenters. The van der Waals surface area contributed by atoms with Gasteiger partial charge in [0.25, 0.3) is 0 Å². The van der Waals surface area contributed by atoms with Crippen molar-refractivity contribution in [2.75, 3.05) is 0 Å². The van der Waals surface area contributed by atoms with Crippen molar-refractivity contribution in [1.82, 2.24) is 5.32 Å². The second kappa shape index (κ2) is 8.01. The van der Waals surface area contributed by atoms with Gasteiger partial charge in [0, 0.05) is 5.97 Å². The summed E-state index contributed by atoms with van der Waals surface area (Å²) in [4.78, 5) is 33.0. The highest BCUT2D eigenvalue weighted by molar-refractivity contribution is 5.86. The molecule has 0 heterocycles. The zero-order valence-corrected chi connectivity index (χ0v) is 11.3. The van der Waals surface area contributed by atoms with Gasteiger partial charge in [-0.1, -0.05) is 30.3 Å². The van der Waals surface area contributed by atoms with E-state index in [4.69, 9.17) is 5.73 Å². The maximum atomic E-state index is 11.8. The maximum absolute atomic E-state index is 11.8. The lowest BCUT2D eigenvalue weighted by molar-refractivity contribution is -0.310. The minimum atomic E-state index is -1.56. The molecule has 0 bridgehead atoms. The molecule has 1 amide bonds. The van der Waals surface area contributed by atoms with Gasteiger partial charge < -0.3 is 30.9 Å². The molecule has 0 saturated carbocycles. The van der Waals surface area contributed by atoms with E-state index in [0.717, 1.165) is 5.56 Å². The SMILES string of the molecule is NC(Cc1ccccc1)C(=O)NC(CCC(=O)[O-])C(=O)[O-]. The first-order valence-electron chi connectivity index (χ1n) is 6.40. The van der Waals surface area contributed by atoms with E-state index in [0.29, 0.717) is 0 Å². The number of aliphatic carboxylic acids is 2. The van der Waals surface area contributed by atoms with Crippen LogP contribution >= 0.6 is 0 Å². The molecule has 114 valence electrons. The summed E-state index contributed by atoms with van der Waals surface area (Å²) in [6, 6.07) is 6.66. The van der Waals surface area contributed by atoms with E-state index in [1.54, 1.807) is 24.3 Å². The van der Waals surface area contributed by atoms with Gasteiger partial charge in [-0.15, -0.1) is 0 Å². The highest BCUT2D eigenvalue weighted by atomic mass is 16.4. The van der Waals surface area contributed by atoms with E-state index in [9.17, 15) is 24.6 Å². The Kier molecular flexibility index (Phi) is 6.35. The number of carbonyl (C=O) groups excluding carboxylic acids is 3.